The van der Waals surface area contributed by atoms with E-state index >= 15 is 0 Å². The van der Waals surface area contributed by atoms with Crippen LogP contribution in [0.1, 0.15) is 51.5 Å². The van der Waals surface area contributed by atoms with Gasteiger partial charge in [0.05, 0.1) is 0 Å². The summed E-state index contributed by atoms with van der Waals surface area (Å²) in [6.07, 6.45) is 6.39. The number of hydrogen-bond acceptors (Lipinski definition) is 1. The minimum Gasteiger partial charge on any atom is -0.306 e. The number of benzene rings is 1. The molecule has 4 atom stereocenters. The predicted octanol–water partition coefficient (Wildman–Crippen LogP) is 5.41. The lowest BCUT2D eigenvalue weighted by atomic mass is 9.68. The molecule has 1 aromatic carbocycles. The Kier molecular flexibility index (Phi) is 4.77. The maximum absolute atomic E-state index is 2.46. The average Bonchev–Trinajstić information content (AvgIpc) is 2.80. The van der Waals surface area contributed by atoms with Gasteiger partial charge >= 0.3 is 0 Å². The van der Waals surface area contributed by atoms with Gasteiger partial charge in [-0.3, -0.25) is 0 Å². The first-order valence-electron chi connectivity index (χ1n) is 9.10. The van der Waals surface area contributed by atoms with E-state index in [1.54, 1.807) is 11.1 Å². The molecule has 0 aromatic heterocycles. The topological polar surface area (TPSA) is 3.24 Å². The van der Waals surface area contributed by atoms with Crippen molar-refractivity contribution in [1.29, 1.82) is 0 Å². The summed E-state index contributed by atoms with van der Waals surface area (Å²) in [4.78, 5) is 2.43. The highest BCUT2D eigenvalue weighted by molar-refractivity contribution is 5.44. The molecule has 1 aromatic rings. The van der Waals surface area contributed by atoms with Crippen LogP contribution in [0.15, 0.2) is 53.1 Å². The summed E-state index contributed by atoms with van der Waals surface area (Å²) < 4.78 is 0. The van der Waals surface area contributed by atoms with Crippen molar-refractivity contribution < 1.29 is 0 Å². The first-order chi connectivity index (χ1) is 11.0. The van der Waals surface area contributed by atoms with Crippen molar-refractivity contribution >= 4 is 0 Å². The van der Waals surface area contributed by atoms with Crippen LogP contribution in [0.5, 0.6) is 0 Å². The maximum Gasteiger partial charge on any atom is 0.00954 e. The fourth-order valence-corrected chi connectivity index (χ4v) is 4.83. The number of nitrogens with zero attached hydrogens (tertiary/aromatic N) is 1. The van der Waals surface area contributed by atoms with Crippen LogP contribution in [0.2, 0.25) is 0 Å². The van der Waals surface area contributed by atoms with Crippen LogP contribution in [0.25, 0.3) is 0 Å². The molecule has 1 fully saturated rings. The summed E-state index contributed by atoms with van der Waals surface area (Å²) in [7, 11) is 4.48. The van der Waals surface area contributed by atoms with Gasteiger partial charge in [-0.2, -0.15) is 0 Å². The van der Waals surface area contributed by atoms with Crippen LogP contribution in [0, 0.1) is 11.8 Å². The second-order valence-electron chi connectivity index (χ2n) is 7.77. The number of rotatable bonds is 3. The molecule has 0 heterocycles. The van der Waals surface area contributed by atoms with E-state index in [1.165, 1.54) is 30.4 Å². The Morgan fingerprint density at radius 1 is 0.957 bits per heavy atom. The van der Waals surface area contributed by atoms with Crippen LogP contribution in [-0.2, 0) is 0 Å². The zero-order chi connectivity index (χ0) is 16.6. The van der Waals surface area contributed by atoms with E-state index < -0.39 is 0 Å². The van der Waals surface area contributed by atoms with Gasteiger partial charge in [-0.25, -0.2) is 0 Å². The van der Waals surface area contributed by atoms with Gasteiger partial charge in [0.15, 0.2) is 0 Å². The molecule has 124 valence electrons. The van der Waals surface area contributed by atoms with Crippen molar-refractivity contribution in [2.75, 3.05) is 14.1 Å². The summed E-state index contributed by atoms with van der Waals surface area (Å²) in [6.45, 7) is 7.00. The Bertz CT molecular complexity index is 608. The Morgan fingerprint density at radius 3 is 2.22 bits per heavy atom. The van der Waals surface area contributed by atoms with Crippen LogP contribution >= 0.6 is 0 Å². The molecule has 0 saturated heterocycles. The van der Waals surface area contributed by atoms with Crippen LogP contribution < -0.4 is 0 Å². The third-order valence-corrected chi connectivity index (χ3v) is 6.20. The van der Waals surface area contributed by atoms with E-state index in [4.69, 9.17) is 0 Å². The van der Waals surface area contributed by atoms with Crippen LogP contribution in [0.4, 0.5) is 0 Å². The van der Waals surface area contributed by atoms with Crippen molar-refractivity contribution in [3.8, 4) is 0 Å². The van der Waals surface area contributed by atoms with E-state index in [0.717, 1.165) is 0 Å². The molecule has 2 aliphatic rings. The van der Waals surface area contributed by atoms with Crippen molar-refractivity contribution in [2.24, 2.45) is 11.8 Å². The highest BCUT2D eigenvalue weighted by Crippen LogP contribution is 2.48. The summed E-state index contributed by atoms with van der Waals surface area (Å²) in [6, 6.07) is 11.9. The Morgan fingerprint density at radius 2 is 1.65 bits per heavy atom. The van der Waals surface area contributed by atoms with Crippen molar-refractivity contribution in [1.82, 2.24) is 4.90 Å². The molecule has 1 heteroatoms. The molecular weight excluding hydrogens is 278 g/mol. The molecule has 23 heavy (non-hydrogen) atoms. The highest BCUT2D eigenvalue weighted by atomic mass is 15.1. The molecule has 1 saturated carbocycles. The van der Waals surface area contributed by atoms with Crippen LogP contribution in [-0.4, -0.2) is 25.0 Å². The third kappa shape index (κ3) is 3.17. The van der Waals surface area contributed by atoms with Gasteiger partial charge in [0.1, 0.15) is 0 Å². The first-order valence-corrected chi connectivity index (χ1v) is 9.10. The Balaban J connectivity index is 1.95. The molecule has 0 N–H and O–H groups in total. The standard InChI is InChI=1S/C22H31N/c1-15-13-16(2)22(17(15)3)20-12-11-19(23(4)5)14-21(20)18-9-7-6-8-10-18/h6-10,13,16,19-21H,11-12,14H2,1-5H3. The van der Waals surface area contributed by atoms with Gasteiger partial charge in [0, 0.05) is 6.04 Å². The van der Waals surface area contributed by atoms with Gasteiger partial charge in [-0.1, -0.05) is 54.5 Å². The summed E-state index contributed by atoms with van der Waals surface area (Å²) in [5.74, 6) is 1.98. The SMILES string of the molecule is CC1=CC(C)C(C2CCC(N(C)C)CC2c2ccccc2)=C1C. The van der Waals surface area contributed by atoms with Crippen LogP contribution in [0.3, 0.4) is 0 Å². The molecule has 3 rings (SSSR count). The smallest absolute Gasteiger partial charge is 0.00954 e. The van der Waals surface area contributed by atoms with Crippen molar-refractivity contribution in [3.63, 3.8) is 0 Å². The molecule has 0 bridgehead atoms. The zero-order valence-corrected chi connectivity index (χ0v) is 15.3. The zero-order valence-electron chi connectivity index (χ0n) is 15.3. The monoisotopic (exact) mass is 309 g/mol. The molecule has 0 radical (unpaired) electrons. The van der Waals surface area contributed by atoms with Gasteiger partial charge in [0.25, 0.3) is 0 Å². The van der Waals surface area contributed by atoms with E-state index in [2.05, 4.69) is 76.2 Å². The Labute approximate surface area is 142 Å². The fraction of sp³-hybridized carbons (Fsp3) is 0.545. The molecule has 0 aliphatic heterocycles. The third-order valence-electron chi connectivity index (χ3n) is 6.20. The minimum absolute atomic E-state index is 0.613. The lowest BCUT2D eigenvalue weighted by molar-refractivity contribution is 0.182. The second-order valence-corrected chi connectivity index (χ2v) is 7.77. The largest absolute Gasteiger partial charge is 0.306 e. The highest BCUT2D eigenvalue weighted by Gasteiger charge is 2.37. The molecule has 2 aliphatic carbocycles. The quantitative estimate of drug-likeness (QED) is 0.721. The fourth-order valence-electron chi connectivity index (χ4n) is 4.83. The summed E-state index contributed by atoms with van der Waals surface area (Å²) >= 11 is 0. The van der Waals surface area contributed by atoms with E-state index in [-0.39, 0.29) is 0 Å². The predicted molar refractivity (Wildman–Crippen MR) is 99.6 cm³/mol. The van der Waals surface area contributed by atoms with Gasteiger partial charge < -0.3 is 4.90 Å². The first kappa shape index (κ1) is 16.5. The van der Waals surface area contributed by atoms with Crippen molar-refractivity contribution in [3.05, 3.63) is 58.7 Å². The number of allylic oxidation sites excluding steroid dienone is 4. The second kappa shape index (κ2) is 6.65. The molecule has 4 unspecified atom stereocenters. The maximum atomic E-state index is 2.46. The van der Waals surface area contributed by atoms with E-state index in [0.29, 0.717) is 23.8 Å². The molecule has 1 nitrogen and oxygen atoms in total. The molecule has 0 amide bonds. The summed E-state index contributed by atoms with van der Waals surface area (Å²) in [5.41, 5.74) is 6.30. The van der Waals surface area contributed by atoms with Gasteiger partial charge in [0.2, 0.25) is 0 Å². The molecular formula is C22H31N. The lowest BCUT2D eigenvalue weighted by Crippen LogP contribution is -2.37. The Hall–Kier alpha value is -1.34. The molecule has 0 spiro atoms. The minimum atomic E-state index is 0.613. The van der Waals surface area contributed by atoms with Gasteiger partial charge in [-0.15, -0.1) is 0 Å². The van der Waals surface area contributed by atoms with Crippen molar-refractivity contribution in [2.45, 2.75) is 52.0 Å². The van der Waals surface area contributed by atoms with Gasteiger partial charge in [-0.05, 0) is 76.1 Å². The normalized spacial score (nSPS) is 31.7. The summed E-state index contributed by atoms with van der Waals surface area (Å²) in [5, 5.41) is 0. The lowest BCUT2D eigenvalue weighted by Gasteiger charge is -2.41. The number of hydrogen-bond donors (Lipinski definition) is 0. The van der Waals surface area contributed by atoms with E-state index in [9.17, 15) is 0 Å². The average molecular weight is 309 g/mol. The van der Waals surface area contributed by atoms with E-state index in [1.807, 2.05) is 0 Å².